The van der Waals surface area contributed by atoms with Crippen LogP contribution in [0, 0.1) is 0 Å². The molecule has 0 aliphatic heterocycles. The van der Waals surface area contributed by atoms with Crippen molar-refractivity contribution in [3.8, 4) is 0 Å². The minimum absolute atomic E-state index is 0.291. The molecule has 3 N–H and O–H groups in total. The van der Waals surface area contributed by atoms with E-state index in [2.05, 4.69) is 21.4 Å². The number of benzene rings is 2. The molecule has 0 bridgehead atoms. The van der Waals surface area contributed by atoms with Gasteiger partial charge in [0.25, 0.3) is 0 Å². The Balaban J connectivity index is 2.53. The summed E-state index contributed by atoms with van der Waals surface area (Å²) in [7, 11) is 0. The highest BCUT2D eigenvalue weighted by Crippen LogP contribution is 2.34. The third kappa shape index (κ3) is 3.43. The molecule has 0 heterocycles. The fourth-order valence-electron chi connectivity index (χ4n) is 1.85. The Bertz CT molecular complexity index is 584. The summed E-state index contributed by atoms with van der Waals surface area (Å²) < 4.78 is 0.869. The van der Waals surface area contributed by atoms with Gasteiger partial charge >= 0.3 is 0 Å². The van der Waals surface area contributed by atoms with Crippen molar-refractivity contribution in [3.63, 3.8) is 0 Å². The Kier molecular flexibility index (Phi) is 5.12. The molecule has 1 unspecified atom stereocenters. The monoisotopic (exact) mass is 378 g/mol. The predicted molar refractivity (Wildman–Crippen MR) is 84.8 cm³/mol. The van der Waals surface area contributed by atoms with Gasteiger partial charge in [0.15, 0.2) is 0 Å². The third-order valence-electron chi connectivity index (χ3n) is 2.68. The van der Waals surface area contributed by atoms with Crippen LogP contribution in [-0.4, -0.2) is 0 Å². The lowest BCUT2D eigenvalue weighted by Gasteiger charge is -2.19. The highest BCUT2D eigenvalue weighted by molar-refractivity contribution is 9.10. The summed E-state index contributed by atoms with van der Waals surface area (Å²) in [5.41, 5.74) is 4.43. The maximum Gasteiger partial charge on any atom is 0.0725 e. The Hall–Kier alpha value is -0.290. The fraction of sp³-hybridized carbons (Fsp3) is 0.0769. The number of halogens is 4. The zero-order valence-corrected chi connectivity index (χ0v) is 13.5. The molecule has 0 aliphatic rings. The first-order chi connectivity index (χ1) is 9.02. The van der Waals surface area contributed by atoms with Gasteiger partial charge in [0, 0.05) is 9.50 Å². The van der Waals surface area contributed by atoms with Gasteiger partial charge in [-0.25, -0.2) is 5.43 Å². The highest BCUT2D eigenvalue weighted by atomic mass is 79.9. The molecule has 0 aromatic heterocycles. The number of hydrogen-bond acceptors (Lipinski definition) is 2. The molecule has 19 heavy (non-hydrogen) atoms. The van der Waals surface area contributed by atoms with Crippen molar-refractivity contribution in [2.45, 2.75) is 6.04 Å². The van der Waals surface area contributed by atoms with Crippen molar-refractivity contribution in [3.05, 3.63) is 67.1 Å². The van der Waals surface area contributed by atoms with Gasteiger partial charge in [-0.05, 0) is 35.4 Å². The van der Waals surface area contributed by atoms with Gasteiger partial charge in [-0.3, -0.25) is 5.84 Å². The van der Waals surface area contributed by atoms with Crippen molar-refractivity contribution in [2.24, 2.45) is 5.84 Å². The first-order valence-corrected chi connectivity index (χ1v) is 7.31. The Morgan fingerprint density at radius 2 is 1.84 bits per heavy atom. The van der Waals surface area contributed by atoms with Crippen molar-refractivity contribution in [2.75, 3.05) is 0 Å². The maximum atomic E-state index is 6.22. The molecule has 100 valence electrons. The van der Waals surface area contributed by atoms with Gasteiger partial charge in [-0.15, -0.1) is 0 Å². The van der Waals surface area contributed by atoms with E-state index in [1.165, 1.54) is 0 Å². The van der Waals surface area contributed by atoms with Crippen LogP contribution in [0.3, 0.4) is 0 Å². The van der Waals surface area contributed by atoms with Gasteiger partial charge < -0.3 is 0 Å². The second kappa shape index (κ2) is 6.44. The topological polar surface area (TPSA) is 38.0 Å². The third-order valence-corrected chi connectivity index (χ3v) is 4.19. The molecule has 0 spiro atoms. The van der Waals surface area contributed by atoms with Crippen LogP contribution < -0.4 is 11.3 Å². The number of nitrogens with two attached hydrogens (primary N) is 1. The van der Waals surface area contributed by atoms with Gasteiger partial charge in [0.2, 0.25) is 0 Å². The normalized spacial score (nSPS) is 12.5. The summed E-state index contributed by atoms with van der Waals surface area (Å²) in [4.78, 5) is 0. The molecule has 2 rings (SSSR count). The molecule has 0 aliphatic carbocycles. The van der Waals surface area contributed by atoms with E-state index in [9.17, 15) is 0 Å². The van der Waals surface area contributed by atoms with E-state index in [0.29, 0.717) is 15.1 Å². The van der Waals surface area contributed by atoms with Crippen LogP contribution in [0.1, 0.15) is 17.2 Å². The highest BCUT2D eigenvalue weighted by Gasteiger charge is 2.18. The molecule has 1 atom stereocenters. The molecule has 0 amide bonds. The van der Waals surface area contributed by atoms with E-state index < -0.39 is 0 Å². The van der Waals surface area contributed by atoms with Crippen molar-refractivity contribution < 1.29 is 0 Å². The van der Waals surface area contributed by atoms with E-state index in [4.69, 9.17) is 40.6 Å². The fourth-order valence-corrected chi connectivity index (χ4v) is 3.15. The lowest BCUT2D eigenvalue weighted by atomic mass is 9.99. The molecule has 0 saturated heterocycles. The van der Waals surface area contributed by atoms with Crippen LogP contribution >= 0.6 is 50.7 Å². The van der Waals surface area contributed by atoms with Crippen LogP contribution in [0.5, 0.6) is 0 Å². The molecular formula is C13H10BrCl3N2. The van der Waals surface area contributed by atoms with E-state index in [1.807, 2.05) is 24.3 Å². The molecule has 0 radical (unpaired) electrons. The summed E-state index contributed by atoms with van der Waals surface area (Å²) in [5.74, 6) is 5.65. The number of hydrogen-bond donors (Lipinski definition) is 2. The Morgan fingerprint density at radius 3 is 2.47 bits per heavy atom. The van der Waals surface area contributed by atoms with Gasteiger partial charge in [-0.2, -0.15) is 0 Å². The summed E-state index contributed by atoms with van der Waals surface area (Å²) in [6.07, 6.45) is 0. The van der Waals surface area contributed by atoms with Crippen LogP contribution in [0.15, 0.2) is 40.9 Å². The first-order valence-electron chi connectivity index (χ1n) is 5.39. The van der Waals surface area contributed by atoms with Crippen LogP contribution in [-0.2, 0) is 0 Å². The molecule has 6 heteroatoms. The van der Waals surface area contributed by atoms with Gasteiger partial charge in [0.1, 0.15) is 0 Å². The summed E-state index contributed by atoms with van der Waals surface area (Å²) in [6, 6.07) is 10.7. The second-order valence-electron chi connectivity index (χ2n) is 3.95. The number of nitrogens with one attached hydrogen (secondary N) is 1. The minimum atomic E-state index is -0.291. The molecule has 2 aromatic carbocycles. The van der Waals surface area contributed by atoms with E-state index >= 15 is 0 Å². The molecule has 2 aromatic rings. The zero-order chi connectivity index (χ0) is 14.0. The molecular weight excluding hydrogens is 370 g/mol. The van der Waals surface area contributed by atoms with Gasteiger partial charge in [-0.1, -0.05) is 62.9 Å². The van der Waals surface area contributed by atoms with E-state index in [-0.39, 0.29) is 6.04 Å². The quantitative estimate of drug-likeness (QED) is 0.583. The molecule has 0 saturated carbocycles. The van der Waals surface area contributed by atoms with Crippen LogP contribution in [0.2, 0.25) is 15.1 Å². The second-order valence-corrected chi connectivity index (χ2v) is 6.08. The van der Waals surface area contributed by atoms with Crippen molar-refractivity contribution in [1.82, 2.24) is 5.43 Å². The Labute approximate surface area is 134 Å². The van der Waals surface area contributed by atoms with Crippen molar-refractivity contribution in [1.29, 1.82) is 0 Å². The SMILES string of the molecule is NNC(c1cc(Cl)cc(Br)c1)c1cccc(Cl)c1Cl. The first kappa shape index (κ1) is 15.1. The van der Waals surface area contributed by atoms with E-state index in [1.54, 1.807) is 12.1 Å². The van der Waals surface area contributed by atoms with Crippen LogP contribution in [0.25, 0.3) is 0 Å². The van der Waals surface area contributed by atoms with Gasteiger partial charge in [0.05, 0.1) is 16.1 Å². The smallest absolute Gasteiger partial charge is 0.0725 e. The average molecular weight is 381 g/mol. The summed E-state index contributed by atoms with van der Waals surface area (Å²) >= 11 is 21.7. The zero-order valence-electron chi connectivity index (χ0n) is 9.63. The predicted octanol–water partition coefficient (Wildman–Crippen LogP) is 4.96. The maximum absolute atomic E-state index is 6.22. The summed E-state index contributed by atoms with van der Waals surface area (Å²) in [6.45, 7) is 0. The largest absolute Gasteiger partial charge is 0.271 e. The number of hydrazine groups is 1. The standard InChI is InChI=1S/C13H10BrCl3N2/c14-8-4-7(5-9(15)6-8)13(19-18)10-2-1-3-11(16)12(10)17/h1-6,13,19H,18H2. The Morgan fingerprint density at radius 1 is 1.11 bits per heavy atom. The lowest BCUT2D eigenvalue weighted by Crippen LogP contribution is -2.29. The molecule has 2 nitrogen and oxygen atoms in total. The van der Waals surface area contributed by atoms with Crippen molar-refractivity contribution >= 4 is 50.7 Å². The average Bonchev–Trinajstić information content (AvgIpc) is 2.34. The van der Waals surface area contributed by atoms with E-state index in [0.717, 1.165) is 15.6 Å². The lowest BCUT2D eigenvalue weighted by molar-refractivity contribution is 0.637. The number of rotatable bonds is 3. The minimum Gasteiger partial charge on any atom is -0.271 e. The molecule has 0 fully saturated rings. The summed E-state index contributed by atoms with van der Waals surface area (Å²) in [5, 5.41) is 1.58. The van der Waals surface area contributed by atoms with Crippen LogP contribution in [0.4, 0.5) is 0 Å².